The lowest BCUT2D eigenvalue weighted by Gasteiger charge is -2.15. The van der Waals surface area contributed by atoms with Gasteiger partial charge in [-0.3, -0.25) is 0 Å². The number of hydrogen-bond donors (Lipinski definition) is 1. The third-order valence-corrected chi connectivity index (χ3v) is 4.02. The first kappa shape index (κ1) is 13.8. The van der Waals surface area contributed by atoms with Gasteiger partial charge in [0.2, 0.25) is 0 Å². The van der Waals surface area contributed by atoms with Gasteiger partial charge >= 0.3 is 0 Å². The summed E-state index contributed by atoms with van der Waals surface area (Å²) in [5, 5.41) is 0. The topological polar surface area (TPSA) is 26.0 Å². The van der Waals surface area contributed by atoms with Gasteiger partial charge in [0.1, 0.15) is 0 Å². The van der Waals surface area contributed by atoms with Crippen molar-refractivity contribution in [2.45, 2.75) is 19.4 Å². The molecule has 1 nitrogen and oxygen atoms in total. The van der Waals surface area contributed by atoms with Crippen LogP contribution in [0.25, 0.3) is 0 Å². The Balaban J connectivity index is 2.16. The van der Waals surface area contributed by atoms with Gasteiger partial charge in [-0.15, -0.1) is 0 Å². The van der Waals surface area contributed by atoms with Crippen LogP contribution < -0.4 is 5.73 Å². The zero-order chi connectivity index (χ0) is 13.1. The van der Waals surface area contributed by atoms with Gasteiger partial charge in [-0.05, 0) is 54.3 Å². The zero-order valence-corrected chi connectivity index (χ0v) is 13.3. The molecular formula is C15H15Br2N. The monoisotopic (exact) mass is 367 g/mol. The Morgan fingerprint density at radius 3 is 2.22 bits per heavy atom. The Morgan fingerprint density at radius 1 is 1.00 bits per heavy atom. The van der Waals surface area contributed by atoms with E-state index in [1.807, 2.05) is 6.07 Å². The molecule has 0 saturated heterocycles. The van der Waals surface area contributed by atoms with Crippen LogP contribution in [0, 0.1) is 6.92 Å². The highest BCUT2D eigenvalue weighted by Gasteiger charge is 2.10. The average molecular weight is 369 g/mol. The average Bonchev–Trinajstić information content (AvgIpc) is 2.32. The van der Waals surface area contributed by atoms with Gasteiger partial charge in [-0.2, -0.15) is 0 Å². The normalized spacial score (nSPS) is 12.4. The minimum atomic E-state index is 0.0410. The largest absolute Gasteiger partial charge is 0.324 e. The van der Waals surface area contributed by atoms with Crippen LogP contribution in [0.4, 0.5) is 0 Å². The van der Waals surface area contributed by atoms with E-state index in [0.29, 0.717) is 0 Å². The molecule has 3 heteroatoms. The first-order valence-electron chi connectivity index (χ1n) is 5.82. The van der Waals surface area contributed by atoms with Gasteiger partial charge < -0.3 is 5.73 Å². The van der Waals surface area contributed by atoms with Crippen LogP contribution in [0.2, 0.25) is 0 Å². The number of halogens is 2. The number of benzene rings is 2. The molecular weight excluding hydrogens is 354 g/mol. The Hall–Kier alpha value is -0.640. The Bertz CT molecular complexity index is 535. The molecule has 0 spiro atoms. The van der Waals surface area contributed by atoms with E-state index in [4.69, 9.17) is 5.73 Å². The highest BCUT2D eigenvalue weighted by molar-refractivity contribution is 9.10. The predicted molar refractivity (Wildman–Crippen MR) is 83.7 cm³/mol. The minimum Gasteiger partial charge on any atom is -0.324 e. The third-order valence-electron chi connectivity index (χ3n) is 3.00. The number of hydrogen-bond acceptors (Lipinski definition) is 1. The van der Waals surface area contributed by atoms with Crippen LogP contribution in [0.15, 0.2) is 51.4 Å². The third kappa shape index (κ3) is 3.44. The molecule has 0 aliphatic rings. The van der Waals surface area contributed by atoms with Gasteiger partial charge in [0.05, 0.1) is 0 Å². The van der Waals surface area contributed by atoms with Gasteiger partial charge in [-0.1, -0.05) is 50.1 Å². The lowest BCUT2D eigenvalue weighted by molar-refractivity contribution is 0.716. The van der Waals surface area contributed by atoms with Crippen LogP contribution in [0.5, 0.6) is 0 Å². The van der Waals surface area contributed by atoms with E-state index in [2.05, 4.69) is 75.2 Å². The van der Waals surface area contributed by atoms with E-state index in [-0.39, 0.29) is 6.04 Å². The fourth-order valence-electron chi connectivity index (χ4n) is 2.04. The van der Waals surface area contributed by atoms with E-state index in [0.717, 1.165) is 15.4 Å². The Kier molecular flexibility index (Phi) is 4.60. The molecule has 2 aromatic carbocycles. The molecule has 2 rings (SSSR count). The summed E-state index contributed by atoms with van der Waals surface area (Å²) < 4.78 is 2.19. The molecule has 0 bridgehead atoms. The first-order chi connectivity index (χ1) is 8.56. The second-order valence-electron chi connectivity index (χ2n) is 4.44. The molecule has 0 saturated carbocycles. The van der Waals surface area contributed by atoms with Crippen molar-refractivity contribution in [1.82, 2.24) is 0 Å². The smallest absolute Gasteiger partial charge is 0.0338 e. The highest BCUT2D eigenvalue weighted by Crippen LogP contribution is 2.23. The van der Waals surface area contributed by atoms with Crippen molar-refractivity contribution < 1.29 is 0 Å². The predicted octanol–water partition coefficient (Wildman–Crippen LogP) is 4.76. The lowest BCUT2D eigenvalue weighted by Crippen LogP contribution is -2.14. The summed E-state index contributed by atoms with van der Waals surface area (Å²) in [6, 6.07) is 14.6. The van der Waals surface area contributed by atoms with Crippen molar-refractivity contribution in [1.29, 1.82) is 0 Å². The summed E-state index contributed by atoms with van der Waals surface area (Å²) in [6.45, 7) is 2.10. The van der Waals surface area contributed by atoms with Gasteiger partial charge in [0.15, 0.2) is 0 Å². The molecule has 2 aromatic rings. The number of aryl methyl sites for hydroxylation is 1. The maximum absolute atomic E-state index is 6.29. The number of nitrogens with two attached hydrogens (primary N) is 1. The fraction of sp³-hybridized carbons (Fsp3) is 0.200. The molecule has 94 valence electrons. The van der Waals surface area contributed by atoms with Gasteiger partial charge in [-0.25, -0.2) is 0 Å². The van der Waals surface area contributed by atoms with Crippen LogP contribution in [-0.2, 0) is 6.42 Å². The van der Waals surface area contributed by atoms with Gasteiger partial charge in [0.25, 0.3) is 0 Å². The highest BCUT2D eigenvalue weighted by atomic mass is 79.9. The summed E-state index contributed by atoms with van der Waals surface area (Å²) >= 11 is 6.91. The van der Waals surface area contributed by atoms with E-state index >= 15 is 0 Å². The molecule has 0 aliphatic heterocycles. The fourth-order valence-corrected chi connectivity index (χ4v) is 2.78. The van der Waals surface area contributed by atoms with Crippen LogP contribution >= 0.6 is 31.9 Å². The van der Waals surface area contributed by atoms with Crippen LogP contribution in [0.3, 0.4) is 0 Å². The molecule has 0 radical (unpaired) electrons. The maximum atomic E-state index is 6.29. The van der Waals surface area contributed by atoms with Crippen molar-refractivity contribution in [3.8, 4) is 0 Å². The van der Waals surface area contributed by atoms with Crippen molar-refractivity contribution in [2.24, 2.45) is 5.73 Å². The Labute approximate surface area is 125 Å². The summed E-state index contributed by atoms with van der Waals surface area (Å²) in [7, 11) is 0. The Morgan fingerprint density at radius 2 is 1.61 bits per heavy atom. The molecule has 1 atom stereocenters. The zero-order valence-electron chi connectivity index (χ0n) is 10.2. The second-order valence-corrected chi connectivity index (χ2v) is 6.27. The standard InChI is InChI=1S/C15H15Br2N/c1-10-8-13(17)6-7-14(10)15(18)9-11-2-4-12(16)5-3-11/h2-8,15H,9,18H2,1H3. The van der Waals surface area contributed by atoms with Crippen LogP contribution in [0.1, 0.15) is 22.7 Å². The van der Waals surface area contributed by atoms with Crippen LogP contribution in [-0.4, -0.2) is 0 Å². The lowest BCUT2D eigenvalue weighted by atomic mass is 9.96. The number of rotatable bonds is 3. The molecule has 0 aliphatic carbocycles. The summed E-state index contributed by atoms with van der Waals surface area (Å²) in [4.78, 5) is 0. The minimum absolute atomic E-state index is 0.0410. The van der Waals surface area contributed by atoms with Crippen molar-refractivity contribution in [3.05, 3.63) is 68.1 Å². The summed E-state index contributed by atoms with van der Waals surface area (Å²) in [5.74, 6) is 0. The molecule has 0 aromatic heterocycles. The van der Waals surface area contributed by atoms with E-state index < -0.39 is 0 Å². The molecule has 18 heavy (non-hydrogen) atoms. The first-order valence-corrected chi connectivity index (χ1v) is 7.41. The van der Waals surface area contributed by atoms with E-state index in [1.165, 1.54) is 16.7 Å². The molecule has 0 heterocycles. The van der Waals surface area contributed by atoms with Gasteiger partial charge in [0, 0.05) is 15.0 Å². The summed E-state index contributed by atoms with van der Waals surface area (Å²) in [6.07, 6.45) is 0.857. The van der Waals surface area contributed by atoms with E-state index in [9.17, 15) is 0 Å². The quantitative estimate of drug-likeness (QED) is 0.830. The molecule has 0 fully saturated rings. The molecule has 0 amide bonds. The summed E-state index contributed by atoms with van der Waals surface area (Å²) in [5.41, 5.74) is 9.99. The van der Waals surface area contributed by atoms with Crippen molar-refractivity contribution in [2.75, 3.05) is 0 Å². The molecule has 2 N–H and O–H groups in total. The maximum Gasteiger partial charge on any atom is 0.0338 e. The van der Waals surface area contributed by atoms with Crippen molar-refractivity contribution >= 4 is 31.9 Å². The molecule has 1 unspecified atom stereocenters. The second kappa shape index (κ2) is 6.00. The van der Waals surface area contributed by atoms with Crippen molar-refractivity contribution in [3.63, 3.8) is 0 Å². The van der Waals surface area contributed by atoms with E-state index in [1.54, 1.807) is 0 Å². The SMILES string of the molecule is Cc1cc(Br)ccc1C(N)Cc1ccc(Br)cc1.